The van der Waals surface area contributed by atoms with Crippen molar-refractivity contribution in [3.05, 3.63) is 71.8 Å². The molecule has 5 heteroatoms. The largest absolute Gasteiger partial charge is 0.461 e. The van der Waals surface area contributed by atoms with Crippen LogP contribution in [0.4, 0.5) is 0 Å². The average molecular weight is 647 g/mol. The lowest BCUT2D eigenvalue weighted by Crippen LogP contribution is -2.33. The fourth-order valence-corrected chi connectivity index (χ4v) is 6.61. The van der Waals surface area contributed by atoms with Crippen molar-refractivity contribution in [1.29, 1.82) is 0 Å². The third-order valence-electron chi connectivity index (χ3n) is 8.72. The lowest BCUT2D eigenvalue weighted by molar-refractivity contribution is -0.153. The third kappa shape index (κ3) is 10.5. The zero-order valence-corrected chi connectivity index (χ0v) is 26.3. The topological polar surface area (TPSA) is 52.6 Å². The molecule has 0 heterocycles. The van der Waals surface area contributed by atoms with E-state index < -0.39 is 0 Å². The molecule has 1 fully saturated rings. The molecule has 6 atom stereocenters. The molecule has 0 spiro atoms. The van der Waals surface area contributed by atoms with Gasteiger partial charge < -0.3 is 9.47 Å². The molecule has 1 saturated carbocycles. The van der Waals surface area contributed by atoms with E-state index in [0.717, 1.165) is 56.1 Å². The van der Waals surface area contributed by atoms with Crippen molar-refractivity contribution in [3.8, 4) is 0 Å². The number of hydrogen-bond acceptors (Lipinski definition) is 4. The van der Waals surface area contributed by atoms with Crippen LogP contribution in [0.15, 0.2) is 60.7 Å². The van der Waals surface area contributed by atoms with Crippen molar-refractivity contribution in [2.75, 3.05) is 0 Å². The van der Waals surface area contributed by atoms with Crippen molar-refractivity contribution < 1.29 is 19.1 Å². The Balaban J connectivity index is 1.64. The summed E-state index contributed by atoms with van der Waals surface area (Å²) in [5.74, 6) is 1.26. The van der Waals surface area contributed by atoms with Crippen molar-refractivity contribution in [2.24, 2.45) is 35.5 Å². The first kappa shape index (κ1) is 31.6. The van der Waals surface area contributed by atoms with E-state index in [2.05, 4.69) is 50.3 Å². The molecule has 0 aromatic heterocycles. The maximum Gasteiger partial charge on any atom is 0.309 e. The van der Waals surface area contributed by atoms with Crippen molar-refractivity contribution in [1.82, 2.24) is 0 Å². The van der Waals surface area contributed by atoms with Crippen LogP contribution in [-0.4, -0.2) is 15.9 Å². The molecule has 2 aromatic carbocycles. The normalized spacial score (nSPS) is 21.6. The maximum atomic E-state index is 13.4. The Labute approximate surface area is 249 Å². The Kier molecular flexibility index (Phi) is 13.3. The first-order valence-electron chi connectivity index (χ1n) is 14.8. The fourth-order valence-electron chi connectivity index (χ4n) is 5.60. The highest BCUT2D eigenvalue weighted by molar-refractivity contribution is 14.1. The van der Waals surface area contributed by atoms with Crippen LogP contribution in [0, 0.1) is 35.5 Å². The summed E-state index contributed by atoms with van der Waals surface area (Å²) < 4.78 is 12.2. The zero-order valence-electron chi connectivity index (χ0n) is 24.2. The van der Waals surface area contributed by atoms with E-state index in [4.69, 9.17) is 9.47 Å². The van der Waals surface area contributed by atoms with Gasteiger partial charge in [-0.1, -0.05) is 117 Å². The number of alkyl halides is 1. The van der Waals surface area contributed by atoms with E-state index >= 15 is 0 Å². The highest BCUT2D eigenvalue weighted by Gasteiger charge is 2.37. The standard InChI is InChI=1S/C34H47IO4/c1-24(2)25(3)15-16-26(4)31(33(36)38-22-27-11-7-5-8-12-27)19-17-29-21-30(35)18-20-32(29)34(37)39-23-28-13-9-6-10-14-28/h5-14,24-26,29-32H,15-23H2,1-4H3/t25?,26?,29-,30-,31?,32?/m1/s1. The molecular formula is C34H47IO4. The number of benzene rings is 2. The smallest absolute Gasteiger partial charge is 0.309 e. The monoisotopic (exact) mass is 646 g/mol. The van der Waals surface area contributed by atoms with Gasteiger partial charge in [-0.2, -0.15) is 0 Å². The number of carbonyl (C=O) groups excluding carboxylic acids is 2. The van der Waals surface area contributed by atoms with Gasteiger partial charge in [0.05, 0.1) is 11.8 Å². The number of carbonyl (C=O) groups is 2. The van der Waals surface area contributed by atoms with Crippen LogP contribution in [0.5, 0.6) is 0 Å². The molecule has 1 aliphatic rings. The Bertz CT molecular complexity index is 993. The van der Waals surface area contributed by atoms with Crippen LogP contribution in [0.25, 0.3) is 0 Å². The molecule has 4 nitrogen and oxygen atoms in total. The van der Waals surface area contributed by atoms with Gasteiger partial charge in [0.15, 0.2) is 0 Å². The van der Waals surface area contributed by atoms with E-state index in [0.29, 0.717) is 29.0 Å². The number of esters is 2. The van der Waals surface area contributed by atoms with Gasteiger partial charge in [-0.3, -0.25) is 9.59 Å². The minimum absolute atomic E-state index is 0.0887. The Morgan fingerprint density at radius 1 is 0.795 bits per heavy atom. The van der Waals surface area contributed by atoms with Gasteiger partial charge in [0.25, 0.3) is 0 Å². The predicted octanol–water partition coefficient (Wildman–Crippen LogP) is 8.80. The molecule has 3 rings (SSSR count). The van der Waals surface area contributed by atoms with Gasteiger partial charge in [0.2, 0.25) is 0 Å². The Morgan fingerprint density at radius 2 is 1.36 bits per heavy atom. The molecule has 4 unspecified atom stereocenters. The zero-order chi connectivity index (χ0) is 28.2. The highest BCUT2D eigenvalue weighted by atomic mass is 127. The van der Waals surface area contributed by atoms with Crippen LogP contribution in [0.3, 0.4) is 0 Å². The quantitative estimate of drug-likeness (QED) is 0.117. The number of hydrogen-bond donors (Lipinski definition) is 0. The van der Waals surface area contributed by atoms with E-state index in [1.807, 2.05) is 60.7 Å². The van der Waals surface area contributed by atoms with Crippen LogP contribution in [-0.2, 0) is 32.3 Å². The first-order chi connectivity index (χ1) is 18.7. The van der Waals surface area contributed by atoms with E-state index in [1.54, 1.807) is 0 Å². The minimum Gasteiger partial charge on any atom is -0.461 e. The molecular weight excluding hydrogens is 599 g/mol. The molecule has 1 aliphatic carbocycles. The lowest BCUT2D eigenvalue weighted by atomic mass is 9.74. The summed E-state index contributed by atoms with van der Waals surface area (Å²) in [6.07, 6.45) is 6.60. The number of ether oxygens (including phenoxy) is 2. The second-order valence-corrected chi connectivity index (χ2v) is 13.7. The molecule has 0 bridgehead atoms. The minimum atomic E-state index is -0.163. The molecule has 0 saturated heterocycles. The molecule has 0 amide bonds. The number of rotatable bonds is 14. The third-order valence-corrected chi connectivity index (χ3v) is 9.85. The first-order valence-corrected chi connectivity index (χ1v) is 16.0. The van der Waals surface area contributed by atoms with E-state index in [1.165, 1.54) is 0 Å². The molecule has 39 heavy (non-hydrogen) atoms. The van der Waals surface area contributed by atoms with E-state index in [9.17, 15) is 9.59 Å². The Hall–Kier alpha value is -1.89. The molecule has 0 aliphatic heterocycles. The molecule has 214 valence electrons. The second kappa shape index (κ2) is 16.4. The summed E-state index contributed by atoms with van der Waals surface area (Å²) in [5.41, 5.74) is 2.02. The summed E-state index contributed by atoms with van der Waals surface area (Å²) in [6, 6.07) is 19.8. The summed E-state index contributed by atoms with van der Waals surface area (Å²) in [4.78, 5) is 26.6. The average Bonchev–Trinajstić information content (AvgIpc) is 2.94. The second-order valence-electron chi connectivity index (χ2n) is 11.9. The van der Waals surface area contributed by atoms with Crippen molar-refractivity contribution >= 4 is 34.5 Å². The van der Waals surface area contributed by atoms with Crippen LogP contribution in [0.1, 0.15) is 83.8 Å². The summed E-state index contributed by atoms with van der Waals surface area (Å²) in [7, 11) is 0. The molecule has 2 aromatic rings. The van der Waals surface area contributed by atoms with E-state index in [-0.39, 0.29) is 35.6 Å². The number of halogens is 1. The SMILES string of the molecule is CC(C)C(C)CCC(C)C(CC[C@@H]1C[C@H](I)CCC1C(=O)OCc1ccccc1)C(=O)OCc1ccccc1. The fraction of sp³-hybridized carbons (Fsp3) is 0.588. The van der Waals surface area contributed by atoms with Crippen LogP contribution < -0.4 is 0 Å². The van der Waals surface area contributed by atoms with Gasteiger partial charge in [-0.05, 0) is 73.3 Å². The van der Waals surface area contributed by atoms with Crippen LogP contribution in [0.2, 0.25) is 0 Å². The maximum absolute atomic E-state index is 13.4. The van der Waals surface area contributed by atoms with Gasteiger partial charge in [-0.15, -0.1) is 0 Å². The predicted molar refractivity (Wildman–Crippen MR) is 166 cm³/mol. The summed E-state index contributed by atoms with van der Waals surface area (Å²) in [5, 5.41) is 0. The Morgan fingerprint density at radius 3 is 1.95 bits per heavy atom. The highest BCUT2D eigenvalue weighted by Crippen LogP contribution is 2.39. The lowest BCUT2D eigenvalue weighted by Gasteiger charge is -2.34. The summed E-state index contributed by atoms with van der Waals surface area (Å²) >= 11 is 2.52. The van der Waals surface area contributed by atoms with Crippen LogP contribution >= 0.6 is 22.6 Å². The van der Waals surface area contributed by atoms with Crippen molar-refractivity contribution in [2.45, 2.75) is 89.8 Å². The molecule has 0 N–H and O–H groups in total. The van der Waals surface area contributed by atoms with Crippen molar-refractivity contribution in [3.63, 3.8) is 0 Å². The summed E-state index contributed by atoms with van der Waals surface area (Å²) in [6.45, 7) is 9.65. The molecule has 0 radical (unpaired) electrons. The van der Waals surface area contributed by atoms with Gasteiger partial charge >= 0.3 is 11.9 Å². The van der Waals surface area contributed by atoms with Gasteiger partial charge in [-0.25, -0.2) is 0 Å². The van der Waals surface area contributed by atoms with Gasteiger partial charge in [0.1, 0.15) is 13.2 Å². The van der Waals surface area contributed by atoms with Gasteiger partial charge in [0, 0.05) is 3.92 Å².